The smallest absolute Gasteiger partial charge is 0.203 e. The van der Waals surface area contributed by atoms with Crippen LogP contribution in [0.5, 0.6) is 28.7 Å². The zero-order valence-electron chi connectivity index (χ0n) is 17.0. The van der Waals surface area contributed by atoms with Crippen molar-refractivity contribution < 1.29 is 24.1 Å². The summed E-state index contributed by atoms with van der Waals surface area (Å²) < 4.78 is 23.6. The van der Waals surface area contributed by atoms with Crippen molar-refractivity contribution in [1.82, 2.24) is 14.5 Å². The van der Waals surface area contributed by atoms with Gasteiger partial charge in [-0.25, -0.2) is 4.98 Å². The molecule has 0 fully saturated rings. The minimum atomic E-state index is 0.0247. The first-order valence-corrected chi connectivity index (χ1v) is 9.11. The maximum Gasteiger partial charge on any atom is 0.203 e. The maximum absolute atomic E-state index is 10.3. The number of ether oxygens (including phenoxy) is 4. The third-order valence-corrected chi connectivity index (χ3v) is 4.80. The van der Waals surface area contributed by atoms with Crippen LogP contribution in [0.15, 0.2) is 48.8 Å². The fraction of sp³-hybridized carbons (Fsp3) is 0.182. The van der Waals surface area contributed by atoms with Gasteiger partial charge in [-0.3, -0.25) is 9.55 Å². The van der Waals surface area contributed by atoms with Crippen LogP contribution in [0.4, 0.5) is 0 Å². The summed E-state index contributed by atoms with van der Waals surface area (Å²) in [6.07, 6.45) is 3.39. The van der Waals surface area contributed by atoms with Gasteiger partial charge in [-0.05, 0) is 24.3 Å². The molecule has 0 spiro atoms. The van der Waals surface area contributed by atoms with Crippen molar-refractivity contribution >= 4 is 11.0 Å². The first-order chi connectivity index (χ1) is 14.6. The van der Waals surface area contributed by atoms with Gasteiger partial charge in [0.05, 0.1) is 45.8 Å². The predicted molar refractivity (Wildman–Crippen MR) is 112 cm³/mol. The van der Waals surface area contributed by atoms with E-state index in [1.54, 1.807) is 45.9 Å². The van der Waals surface area contributed by atoms with Crippen LogP contribution in [-0.2, 0) is 0 Å². The lowest BCUT2D eigenvalue weighted by Crippen LogP contribution is -2.01. The number of methoxy groups -OCH3 is 4. The number of hydrogen-bond acceptors (Lipinski definition) is 7. The van der Waals surface area contributed by atoms with Crippen LogP contribution in [0, 0.1) is 0 Å². The first-order valence-electron chi connectivity index (χ1n) is 9.11. The van der Waals surface area contributed by atoms with Gasteiger partial charge in [-0.15, -0.1) is 0 Å². The molecule has 0 aliphatic carbocycles. The molecule has 0 aliphatic rings. The molecule has 4 rings (SSSR count). The highest BCUT2D eigenvalue weighted by Crippen LogP contribution is 2.41. The van der Waals surface area contributed by atoms with E-state index >= 15 is 0 Å². The van der Waals surface area contributed by atoms with Crippen LogP contribution >= 0.6 is 0 Å². The van der Waals surface area contributed by atoms with E-state index in [9.17, 15) is 5.11 Å². The topological polar surface area (TPSA) is 87.9 Å². The zero-order chi connectivity index (χ0) is 21.3. The Hall–Kier alpha value is -3.94. The van der Waals surface area contributed by atoms with E-state index in [4.69, 9.17) is 23.9 Å². The van der Waals surface area contributed by atoms with E-state index < -0.39 is 0 Å². The van der Waals surface area contributed by atoms with Crippen LogP contribution in [0.2, 0.25) is 0 Å². The summed E-state index contributed by atoms with van der Waals surface area (Å²) in [5, 5.41) is 10.3. The van der Waals surface area contributed by atoms with Gasteiger partial charge >= 0.3 is 0 Å². The number of imidazole rings is 1. The van der Waals surface area contributed by atoms with Gasteiger partial charge in [0.15, 0.2) is 23.0 Å². The average Bonchev–Trinajstić information content (AvgIpc) is 3.17. The van der Waals surface area contributed by atoms with Crippen molar-refractivity contribution in [2.24, 2.45) is 0 Å². The highest BCUT2D eigenvalue weighted by atomic mass is 16.5. The van der Waals surface area contributed by atoms with Crippen LogP contribution in [-0.4, -0.2) is 48.1 Å². The number of fused-ring (bicyclic) bond motifs is 1. The molecule has 2 aromatic heterocycles. The molecule has 8 nitrogen and oxygen atoms in total. The fourth-order valence-electron chi connectivity index (χ4n) is 3.41. The Labute approximate surface area is 173 Å². The van der Waals surface area contributed by atoms with Gasteiger partial charge in [0.2, 0.25) is 5.75 Å². The summed E-state index contributed by atoms with van der Waals surface area (Å²) in [7, 11) is 6.20. The Kier molecular flexibility index (Phi) is 5.05. The lowest BCUT2D eigenvalue weighted by atomic mass is 10.1. The number of rotatable bonds is 6. The van der Waals surface area contributed by atoms with E-state index in [-0.39, 0.29) is 5.75 Å². The summed E-state index contributed by atoms with van der Waals surface area (Å²) >= 11 is 0. The van der Waals surface area contributed by atoms with Crippen molar-refractivity contribution in [3.63, 3.8) is 0 Å². The molecular formula is C22H21N3O5. The molecule has 0 unspecified atom stereocenters. The second-order valence-corrected chi connectivity index (χ2v) is 6.41. The Bertz CT molecular complexity index is 1190. The molecular weight excluding hydrogens is 386 g/mol. The Morgan fingerprint density at radius 2 is 1.53 bits per heavy atom. The monoisotopic (exact) mass is 407 g/mol. The number of phenols is 1. The second-order valence-electron chi connectivity index (χ2n) is 6.41. The van der Waals surface area contributed by atoms with Gasteiger partial charge in [-0.2, -0.15) is 0 Å². The predicted octanol–water partition coefficient (Wildman–Crippen LogP) is 3.83. The van der Waals surface area contributed by atoms with E-state index in [1.165, 1.54) is 7.11 Å². The zero-order valence-corrected chi connectivity index (χ0v) is 17.0. The molecule has 0 saturated carbocycles. The molecule has 30 heavy (non-hydrogen) atoms. The number of hydrogen-bond donors (Lipinski definition) is 1. The molecule has 0 atom stereocenters. The fourth-order valence-corrected chi connectivity index (χ4v) is 3.41. The van der Waals surface area contributed by atoms with Crippen molar-refractivity contribution in [3.8, 4) is 45.8 Å². The van der Waals surface area contributed by atoms with Crippen molar-refractivity contribution in [1.29, 1.82) is 0 Å². The Balaban J connectivity index is 2.02. The Morgan fingerprint density at radius 3 is 2.13 bits per heavy atom. The molecule has 0 aliphatic heterocycles. The number of pyridine rings is 1. The van der Waals surface area contributed by atoms with Gasteiger partial charge in [-0.1, -0.05) is 0 Å². The lowest BCUT2D eigenvalue weighted by Gasteiger charge is -2.16. The molecule has 2 aromatic carbocycles. The standard InChI is InChI=1S/C22H21N3O5/c1-27-18-6-5-13(9-17(18)26)22-24-15-12-23-8-7-16(15)25(22)14-10-19(28-2)21(30-4)20(11-14)29-3/h5-12,26H,1-4H3. The number of benzene rings is 2. The number of aromatic hydroxyl groups is 1. The minimum absolute atomic E-state index is 0.0247. The molecule has 0 bridgehead atoms. The highest BCUT2D eigenvalue weighted by Gasteiger charge is 2.20. The average molecular weight is 407 g/mol. The van der Waals surface area contributed by atoms with Gasteiger partial charge in [0.25, 0.3) is 0 Å². The molecule has 4 aromatic rings. The lowest BCUT2D eigenvalue weighted by molar-refractivity contribution is 0.324. The largest absolute Gasteiger partial charge is 0.504 e. The molecule has 8 heteroatoms. The number of phenolic OH excluding ortho intramolecular Hbond substituents is 1. The van der Waals surface area contributed by atoms with Gasteiger partial charge < -0.3 is 24.1 Å². The van der Waals surface area contributed by atoms with E-state index in [0.29, 0.717) is 39.9 Å². The molecule has 0 amide bonds. The summed E-state index contributed by atoms with van der Waals surface area (Å²) in [5.74, 6) is 2.56. The van der Waals surface area contributed by atoms with Crippen LogP contribution in [0.3, 0.4) is 0 Å². The Morgan fingerprint density at radius 1 is 0.833 bits per heavy atom. The van der Waals surface area contributed by atoms with Crippen molar-refractivity contribution in [3.05, 3.63) is 48.8 Å². The summed E-state index contributed by atoms with van der Waals surface area (Å²) in [6, 6.07) is 10.7. The van der Waals surface area contributed by atoms with E-state index in [1.807, 2.05) is 28.8 Å². The second kappa shape index (κ2) is 7.82. The van der Waals surface area contributed by atoms with Crippen LogP contribution < -0.4 is 18.9 Å². The number of nitrogens with zero attached hydrogens (tertiary/aromatic N) is 3. The minimum Gasteiger partial charge on any atom is -0.504 e. The summed E-state index contributed by atoms with van der Waals surface area (Å²) in [6.45, 7) is 0. The third kappa shape index (κ3) is 3.12. The normalized spacial score (nSPS) is 10.8. The third-order valence-electron chi connectivity index (χ3n) is 4.80. The SMILES string of the molecule is COc1ccc(-c2nc3cnccc3n2-c2cc(OC)c(OC)c(OC)c2)cc1O. The molecule has 154 valence electrons. The summed E-state index contributed by atoms with van der Waals surface area (Å²) in [4.78, 5) is 8.92. The summed E-state index contributed by atoms with van der Waals surface area (Å²) in [5.41, 5.74) is 3.00. The van der Waals surface area contributed by atoms with Gasteiger partial charge in [0, 0.05) is 23.9 Å². The molecule has 1 N–H and O–H groups in total. The highest BCUT2D eigenvalue weighted by molar-refractivity contribution is 5.83. The molecule has 0 radical (unpaired) electrons. The van der Waals surface area contributed by atoms with Crippen LogP contribution in [0.25, 0.3) is 28.1 Å². The van der Waals surface area contributed by atoms with Crippen molar-refractivity contribution in [2.75, 3.05) is 28.4 Å². The quantitative estimate of drug-likeness (QED) is 0.520. The number of aromatic nitrogens is 3. The first kappa shape index (κ1) is 19.4. The van der Waals surface area contributed by atoms with E-state index in [2.05, 4.69) is 4.98 Å². The van der Waals surface area contributed by atoms with Crippen molar-refractivity contribution in [2.45, 2.75) is 0 Å². The van der Waals surface area contributed by atoms with Gasteiger partial charge in [0.1, 0.15) is 11.3 Å². The molecule has 2 heterocycles. The van der Waals surface area contributed by atoms with E-state index in [0.717, 1.165) is 11.2 Å². The maximum atomic E-state index is 10.3. The van der Waals surface area contributed by atoms with Crippen LogP contribution in [0.1, 0.15) is 0 Å². The molecule has 0 saturated heterocycles.